The van der Waals surface area contributed by atoms with Crippen molar-refractivity contribution in [3.63, 3.8) is 0 Å². The molecular weight excluding hydrogens is 224 g/mol. The van der Waals surface area contributed by atoms with Gasteiger partial charge in [0.1, 0.15) is 0 Å². The lowest BCUT2D eigenvalue weighted by Gasteiger charge is -2.08. The second kappa shape index (κ2) is 6.73. The van der Waals surface area contributed by atoms with E-state index in [1.165, 1.54) is 9.90 Å². The summed E-state index contributed by atoms with van der Waals surface area (Å²) >= 11 is 1.66. The highest BCUT2D eigenvalue weighted by atomic mass is 32.2. The fourth-order valence-electron chi connectivity index (χ4n) is 0.930. The van der Waals surface area contributed by atoms with Crippen molar-refractivity contribution in [2.45, 2.75) is 4.90 Å². The van der Waals surface area contributed by atoms with Crippen molar-refractivity contribution in [2.24, 2.45) is 16.0 Å². The van der Waals surface area contributed by atoms with Crippen molar-refractivity contribution < 1.29 is 5.21 Å². The second-order valence-corrected chi connectivity index (χ2v) is 4.00. The molecule has 0 saturated carbocycles. The maximum absolute atomic E-state index is 8.38. The van der Waals surface area contributed by atoms with Gasteiger partial charge in [0.2, 0.25) is 0 Å². The van der Waals surface area contributed by atoms with Crippen LogP contribution < -0.4 is 5.73 Å². The Balaban J connectivity index is 2.33. The minimum atomic E-state index is -0.0408. The lowest BCUT2D eigenvalue weighted by Crippen LogP contribution is -2.29. The van der Waals surface area contributed by atoms with Crippen LogP contribution in [0.2, 0.25) is 0 Å². The SMILES string of the molecule is CN(/N=C\CSc1ccccc1)/C(N)=N\O. The molecule has 0 saturated heterocycles. The Morgan fingerprint density at radius 1 is 1.50 bits per heavy atom. The first-order chi connectivity index (χ1) is 7.74. The molecule has 1 aromatic carbocycles. The summed E-state index contributed by atoms with van der Waals surface area (Å²) in [5, 5.41) is 16.5. The van der Waals surface area contributed by atoms with E-state index in [1.54, 1.807) is 25.0 Å². The molecular formula is C10H14N4OS. The van der Waals surface area contributed by atoms with E-state index in [-0.39, 0.29) is 5.96 Å². The highest BCUT2D eigenvalue weighted by molar-refractivity contribution is 7.99. The molecule has 6 heteroatoms. The smallest absolute Gasteiger partial charge is 0.253 e. The molecule has 0 aliphatic heterocycles. The molecule has 0 aromatic heterocycles. The van der Waals surface area contributed by atoms with Crippen molar-refractivity contribution in [1.82, 2.24) is 5.01 Å². The molecule has 0 bridgehead atoms. The van der Waals surface area contributed by atoms with Gasteiger partial charge in [-0.25, -0.2) is 5.01 Å². The van der Waals surface area contributed by atoms with Gasteiger partial charge in [-0.2, -0.15) is 5.10 Å². The highest BCUT2D eigenvalue weighted by Crippen LogP contribution is 2.15. The van der Waals surface area contributed by atoms with Gasteiger partial charge in [-0.05, 0) is 17.3 Å². The zero-order valence-electron chi connectivity index (χ0n) is 8.95. The maximum atomic E-state index is 8.38. The first-order valence-electron chi connectivity index (χ1n) is 4.65. The minimum Gasteiger partial charge on any atom is -0.408 e. The fourth-order valence-corrected chi connectivity index (χ4v) is 1.61. The summed E-state index contributed by atoms with van der Waals surface area (Å²) in [6, 6.07) is 10.0. The van der Waals surface area contributed by atoms with Gasteiger partial charge < -0.3 is 10.9 Å². The number of guanidine groups is 1. The summed E-state index contributed by atoms with van der Waals surface area (Å²) in [7, 11) is 1.61. The fraction of sp³-hybridized carbons (Fsp3) is 0.200. The third-order valence-electron chi connectivity index (χ3n) is 1.76. The summed E-state index contributed by atoms with van der Waals surface area (Å²) in [5.41, 5.74) is 5.32. The Kier molecular flexibility index (Phi) is 5.21. The first kappa shape index (κ1) is 12.4. The molecule has 0 aliphatic rings. The van der Waals surface area contributed by atoms with Crippen LogP contribution >= 0.6 is 11.8 Å². The predicted octanol–water partition coefficient (Wildman–Crippen LogP) is 1.40. The summed E-state index contributed by atoms with van der Waals surface area (Å²) in [4.78, 5) is 1.18. The van der Waals surface area contributed by atoms with Crippen LogP contribution in [0.3, 0.4) is 0 Å². The Morgan fingerprint density at radius 3 is 2.81 bits per heavy atom. The Labute approximate surface area is 98.6 Å². The van der Waals surface area contributed by atoms with Crippen LogP contribution in [0, 0.1) is 0 Å². The summed E-state index contributed by atoms with van der Waals surface area (Å²) in [6.45, 7) is 0. The van der Waals surface area contributed by atoms with Crippen LogP contribution in [-0.2, 0) is 0 Å². The summed E-state index contributed by atoms with van der Waals surface area (Å²) in [5.74, 6) is 0.688. The van der Waals surface area contributed by atoms with Crippen molar-refractivity contribution >= 4 is 23.9 Å². The number of hydrazone groups is 1. The first-order valence-corrected chi connectivity index (χ1v) is 5.64. The standard InChI is InChI=1S/C10H14N4OS/c1-14(10(11)13-15)12-7-8-16-9-5-3-2-4-6-9/h2-7,15H,8H2,1H3,(H2,11,13)/b12-7-. The molecule has 0 fully saturated rings. The number of nitrogens with zero attached hydrogens (tertiary/aromatic N) is 3. The zero-order chi connectivity index (χ0) is 11.8. The van der Waals surface area contributed by atoms with E-state index in [2.05, 4.69) is 10.3 Å². The van der Waals surface area contributed by atoms with Crippen LogP contribution in [-0.4, -0.2) is 35.2 Å². The van der Waals surface area contributed by atoms with E-state index in [0.29, 0.717) is 0 Å². The average Bonchev–Trinajstić information content (AvgIpc) is 2.34. The van der Waals surface area contributed by atoms with Gasteiger partial charge in [0.05, 0.1) is 0 Å². The van der Waals surface area contributed by atoms with Crippen molar-refractivity contribution in [2.75, 3.05) is 12.8 Å². The number of thioether (sulfide) groups is 1. The van der Waals surface area contributed by atoms with E-state index in [0.717, 1.165) is 5.75 Å². The Bertz CT molecular complexity index is 366. The molecule has 0 unspecified atom stereocenters. The third kappa shape index (κ3) is 4.22. The number of oxime groups is 1. The van der Waals surface area contributed by atoms with Gasteiger partial charge in [-0.15, -0.1) is 11.8 Å². The van der Waals surface area contributed by atoms with E-state index >= 15 is 0 Å². The minimum absolute atomic E-state index is 0.0408. The van der Waals surface area contributed by atoms with Crippen LogP contribution in [0.25, 0.3) is 0 Å². The molecule has 0 aliphatic carbocycles. The molecule has 3 N–H and O–H groups in total. The molecule has 1 rings (SSSR count). The van der Waals surface area contributed by atoms with Gasteiger partial charge in [-0.3, -0.25) is 0 Å². The summed E-state index contributed by atoms with van der Waals surface area (Å²) in [6.07, 6.45) is 1.70. The topological polar surface area (TPSA) is 74.2 Å². The van der Waals surface area contributed by atoms with Crippen molar-refractivity contribution in [3.05, 3.63) is 30.3 Å². The number of nitrogens with two attached hydrogens (primary N) is 1. The maximum Gasteiger partial charge on any atom is 0.253 e. The van der Waals surface area contributed by atoms with Crippen LogP contribution in [0.15, 0.2) is 45.5 Å². The quantitative estimate of drug-likeness (QED) is 0.273. The number of rotatable bonds is 4. The Morgan fingerprint density at radius 2 is 2.19 bits per heavy atom. The van der Waals surface area contributed by atoms with Gasteiger partial charge in [0.25, 0.3) is 5.96 Å². The monoisotopic (exact) mass is 238 g/mol. The van der Waals surface area contributed by atoms with Gasteiger partial charge in [0.15, 0.2) is 0 Å². The molecule has 0 spiro atoms. The largest absolute Gasteiger partial charge is 0.408 e. The van der Waals surface area contributed by atoms with E-state index in [9.17, 15) is 0 Å². The lowest BCUT2D eigenvalue weighted by atomic mass is 10.4. The van der Waals surface area contributed by atoms with E-state index in [4.69, 9.17) is 10.9 Å². The van der Waals surface area contributed by atoms with Gasteiger partial charge >= 0.3 is 0 Å². The third-order valence-corrected chi connectivity index (χ3v) is 2.68. The molecule has 0 amide bonds. The van der Waals surface area contributed by atoms with E-state index in [1.807, 2.05) is 30.3 Å². The van der Waals surface area contributed by atoms with Crippen LogP contribution in [0.4, 0.5) is 0 Å². The number of hydrogen-bond donors (Lipinski definition) is 2. The van der Waals surface area contributed by atoms with E-state index < -0.39 is 0 Å². The predicted molar refractivity (Wildman–Crippen MR) is 66.8 cm³/mol. The second-order valence-electron chi connectivity index (χ2n) is 2.90. The molecule has 86 valence electrons. The van der Waals surface area contributed by atoms with Crippen LogP contribution in [0.1, 0.15) is 0 Å². The lowest BCUT2D eigenvalue weighted by molar-refractivity contribution is 0.306. The number of hydrogen-bond acceptors (Lipinski definition) is 4. The zero-order valence-corrected chi connectivity index (χ0v) is 9.76. The number of benzene rings is 1. The average molecular weight is 238 g/mol. The molecule has 16 heavy (non-hydrogen) atoms. The van der Waals surface area contributed by atoms with Gasteiger partial charge in [0, 0.05) is 23.9 Å². The molecule has 5 nitrogen and oxygen atoms in total. The van der Waals surface area contributed by atoms with Crippen LogP contribution in [0.5, 0.6) is 0 Å². The van der Waals surface area contributed by atoms with Crippen molar-refractivity contribution in [3.8, 4) is 0 Å². The molecule has 0 atom stereocenters. The molecule has 1 aromatic rings. The van der Waals surface area contributed by atoms with Gasteiger partial charge in [-0.1, -0.05) is 18.2 Å². The molecule has 0 radical (unpaired) electrons. The Hall–Kier alpha value is -1.69. The normalized spacial score (nSPS) is 11.9. The summed E-state index contributed by atoms with van der Waals surface area (Å²) < 4.78 is 0. The highest BCUT2D eigenvalue weighted by Gasteiger charge is 1.96. The van der Waals surface area contributed by atoms with Crippen molar-refractivity contribution in [1.29, 1.82) is 0 Å². The molecule has 0 heterocycles.